The highest BCUT2D eigenvalue weighted by Gasteiger charge is 2.17. The van der Waals surface area contributed by atoms with Gasteiger partial charge in [0.2, 0.25) is 0 Å². The van der Waals surface area contributed by atoms with Crippen LogP contribution in [0.4, 0.5) is 0 Å². The number of nitrogens with one attached hydrogen (secondary N) is 1. The van der Waals surface area contributed by atoms with Gasteiger partial charge in [-0.1, -0.05) is 0 Å². The Balaban J connectivity index is 1.77. The summed E-state index contributed by atoms with van der Waals surface area (Å²) in [4.78, 5) is 18.1. The zero-order valence-corrected chi connectivity index (χ0v) is 10.2. The van der Waals surface area contributed by atoms with Gasteiger partial charge in [0, 0.05) is 18.9 Å². The third kappa shape index (κ3) is 3.53. The van der Waals surface area contributed by atoms with E-state index >= 15 is 0 Å². The molecule has 1 aliphatic rings. The molecule has 1 aromatic rings. The number of nitrogens with zero attached hydrogens (tertiary/aromatic N) is 2. The van der Waals surface area contributed by atoms with Crippen LogP contribution in [-0.2, 0) is 0 Å². The van der Waals surface area contributed by atoms with Crippen molar-refractivity contribution in [3.05, 3.63) is 30.1 Å². The monoisotopic (exact) mass is 233 g/mol. The number of pyridine rings is 1. The normalized spacial score (nSPS) is 17.9. The van der Waals surface area contributed by atoms with Crippen molar-refractivity contribution in [1.82, 2.24) is 15.2 Å². The van der Waals surface area contributed by atoms with Gasteiger partial charge in [0.25, 0.3) is 5.91 Å². The molecule has 4 heteroatoms. The van der Waals surface area contributed by atoms with E-state index < -0.39 is 0 Å². The summed E-state index contributed by atoms with van der Waals surface area (Å²) in [5.41, 5.74) is 0.639. The van der Waals surface area contributed by atoms with E-state index in [4.69, 9.17) is 0 Å². The van der Waals surface area contributed by atoms with E-state index in [2.05, 4.69) is 22.2 Å². The van der Waals surface area contributed by atoms with Crippen LogP contribution in [0.2, 0.25) is 0 Å². The molecule has 1 aromatic heterocycles. The lowest BCUT2D eigenvalue weighted by atomic mass is 9.97. The van der Waals surface area contributed by atoms with E-state index in [0.29, 0.717) is 11.5 Å². The van der Waals surface area contributed by atoms with E-state index in [-0.39, 0.29) is 5.91 Å². The van der Waals surface area contributed by atoms with E-state index in [9.17, 15) is 4.79 Å². The molecule has 0 aromatic carbocycles. The predicted molar refractivity (Wildman–Crippen MR) is 66.8 cm³/mol. The summed E-state index contributed by atoms with van der Waals surface area (Å²) in [7, 11) is 2.14. The summed E-state index contributed by atoms with van der Waals surface area (Å²) in [6.07, 6.45) is 5.62. The van der Waals surface area contributed by atoms with E-state index in [1.54, 1.807) is 24.5 Å². The van der Waals surface area contributed by atoms with Gasteiger partial charge in [-0.05, 0) is 51.0 Å². The van der Waals surface area contributed by atoms with Crippen molar-refractivity contribution in [2.75, 3.05) is 26.7 Å². The standard InChI is InChI=1S/C13H19N3O/c1-16-7-4-11(5-8-16)9-15-13(17)12-3-2-6-14-10-12/h2-3,6,10-11H,4-5,7-9H2,1H3,(H,15,17). The SMILES string of the molecule is CN1CCC(CNC(=O)c2cccnc2)CC1. The molecular formula is C13H19N3O. The molecule has 4 nitrogen and oxygen atoms in total. The zero-order chi connectivity index (χ0) is 12.1. The zero-order valence-electron chi connectivity index (χ0n) is 10.2. The van der Waals surface area contributed by atoms with Crippen molar-refractivity contribution < 1.29 is 4.79 Å². The van der Waals surface area contributed by atoms with Crippen LogP contribution in [0.3, 0.4) is 0 Å². The molecule has 0 aliphatic carbocycles. The summed E-state index contributed by atoms with van der Waals surface area (Å²) >= 11 is 0. The second kappa shape index (κ2) is 5.77. The molecule has 0 bridgehead atoms. The van der Waals surface area contributed by atoms with Crippen molar-refractivity contribution in [3.63, 3.8) is 0 Å². The predicted octanol–water partition coefficient (Wildman–Crippen LogP) is 1.15. The number of amides is 1. The lowest BCUT2D eigenvalue weighted by Gasteiger charge is -2.28. The van der Waals surface area contributed by atoms with Gasteiger partial charge < -0.3 is 10.2 Å². The summed E-state index contributed by atoms with van der Waals surface area (Å²) < 4.78 is 0. The highest BCUT2D eigenvalue weighted by molar-refractivity contribution is 5.93. The Kier molecular flexibility index (Phi) is 4.09. The number of carbonyl (C=O) groups is 1. The average Bonchev–Trinajstić information content (AvgIpc) is 2.39. The fourth-order valence-corrected chi connectivity index (χ4v) is 2.10. The molecule has 1 fully saturated rings. The number of piperidine rings is 1. The van der Waals surface area contributed by atoms with Crippen molar-refractivity contribution in [3.8, 4) is 0 Å². The molecule has 2 heterocycles. The van der Waals surface area contributed by atoms with Crippen LogP contribution in [0.1, 0.15) is 23.2 Å². The topological polar surface area (TPSA) is 45.2 Å². The molecule has 1 saturated heterocycles. The van der Waals surface area contributed by atoms with Gasteiger partial charge in [0.15, 0.2) is 0 Å². The van der Waals surface area contributed by atoms with Crippen LogP contribution >= 0.6 is 0 Å². The maximum Gasteiger partial charge on any atom is 0.252 e. The third-order valence-electron chi connectivity index (χ3n) is 3.31. The molecule has 17 heavy (non-hydrogen) atoms. The smallest absolute Gasteiger partial charge is 0.252 e. The first-order valence-corrected chi connectivity index (χ1v) is 6.12. The Morgan fingerprint density at radius 1 is 1.53 bits per heavy atom. The molecule has 0 saturated carbocycles. The second-order valence-electron chi connectivity index (χ2n) is 4.70. The highest BCUT2D eigenvalue weighted by atomic mass is 16.1. The van der Waals surface area contributed by atoms with Gasteiger partial charge in [-0.15, -0.1) is 0 Å². The average molecular weight is 233 g/mol. The highest BCUT2D eigenvalue weighted by Crippen LogP contribution is 2.14. The van der Waals surface area contributed by atoms with Crippen LogP contribution in [0, 0.1) is 5.92 Å². The molecule has 0 atom stereocenters. The van der Waals surface area contributed by atoms with Crippen LogP contribution < -0.4 is 5.32 Å². The van der Waals surface area contributed by atoms with E-state index in [1.807, 2.05) is 0 Å². The Labute approximate surface area is 102 Å². The maximum atomic E-state index is 11.8. The van der Waals surface area contributed by atoms with Gasteiger partial charge in [0.1, 0.15) is 0 Å². The van der Waals surface area contributed by atoms with Gasteiger partial charge >= 0.3 is 0 Å². The van der Waals surface area contributed by atoms with E-state index in [0.717, 1.165) is 19.6 Å². The maximum absolute atomic E-state index is 11.8. The van der Waals surface area contributed by atoms with Crippen LogP contribution in [0.25, 0.3) is 0 Å². The molecule has 1 N–H and O–H groups in total. The largest absolute Gasteiger partial charge is 0.352 e. The van der Waals surface area contributed by atoms with E-state index in [1.165, 1.54) is 12.8 Å². The molecule has 92 valence electrons. The number of likely N-dealkylation sites (tertiary alicyclic amines) is 1. The number of carbonyl (C=O) groups excluding carboxylic acids is 1. The lowest BCUT2D eigenvalue weighted by Crippen LogP contribution is -2.36. The fourth-order valence-electron chi connectivity index (χ4n) is 2.10. The molecule has 0 radical (unpaired) electrons. The van der Waals surface area contributed by atoms with Crippen molar-refractivity contribution in [2.24, 2.45) is 5.92 Å². The Hall–Kier alpha value is -1.42. The third-order valence-corrected chi connectivity index (χ3v) is 3.31. The summed E-state index contributed by atoms with van der Waals surface area (Å²) in [5.74, 6) is 0.601. The van der Waals surface area contributed by atoms with Gasteiger partial charge in [-0.2, -0.15) is 0 Å². The van der Waals surface area contributed by atoms with Crippen molar-refractivity contribution in [1.29, 1.82) is 0 Å². The van der Waals surface area contributed by atoms with Crippen molar-refractivity contribution >= 4 is 5.91 Å². The van der Waals surface area contributed by atoms with Crippen LogP contribution in [0.15, 0.2) is 24.5 Å². The Bertz CT molecular complexity index is 358. The van der Waals surface area contributed by atoms with Crippen LogP contribution in [-0.4, -0.2) is 42.5 Å². The van der Waals surface area contributed by atoms with Crippen LogP contribution in [0.5, 0.6) is 0 Å². The van der Waals surface area contributed by atoms with Crippen molar-refractivity contribution in [2.45, 2.75) is 12.8 Å². The lowest BCUT2D eigenvalue weighted by molar-refractivity contribution is 0.0938. The minimum atomic E-state index is -0.0166. The van der Waals surface area contributed by atoms with Gasteiger partial charge in [-0.3, -0.25) is 9.78 Å². The molecule has 0 spiro atoms. The first-order valence-electron chi connectivity index (χ1n) is 6.12. The van der Waals surface area contributed by atoms with Gasteiger partial charge in [-0.25, -0.2) is 0 Å². The Morgan fingerprint density at radius 3 is 2.94 bits per heavy atom. The summed E-state index contributed by atoms with van der Waals surface area (Å²) in [5, 5.41) is 2.99. The first kappa shape index (κ1) is 12.0. The number of aromatic nitrogens is 1. The molecule has 2 rings (SSSR count). The quantitative estimate of drug-likeness (QED) is 0.852. The summed E-state index contributed by atoms with van der Waals surface area (Å²) in [6, 6.07) is 3.57. The second-order valence-corrected chi connectivity index (χ2v) is 4.70. The Morgan fingerprint density at radius 2 is 2.29 bits per heavy atom. The van der Waals surface area contributed by atoms with Gasteiger partial charge in [0.05, 0.1) is 5.56 Å². The minimum Gasteiger partial charge on any atom is -0.352 e. The number of rotatable bonds is 3. The molecule has 1 amide bonds. The molecular weight excluding hydrogens is 214 g/mol. The fraction of sp³-hybridized carbons (Fsp3) is 0.538. The molecule has 1 aliphatic heterocycles. The molecule has 0 unspecified atom stereocenters. The first-order chi connectivity index (χ1) is 8.25. The number of hydrogen-bond acceptors (Lipinski definition) is 3. The minimum absolute atomic E-state index is 0.0166. The number of hydrogen-bond donors (Lipinski definition) is 1. The summed E-state index contributed by atoms with van der Waals surface area (Å²) in [6.45, 7) is 3.04.